The molecule has 0 saturated carbocycles. The summed E-state index contributed by atoms with van der Waals surface area (Å²) in [6, 6.07) is 6.62. The standard InChI is InChI=1S/C14H19ClN2O3/c1-10(2)17(8-4-7-13(18)19)14(20)16-12-6-3-5-11(15)9-12/h3,5-6,9-10H,4,7-8H2,1-2H3,(H,16,20)(H,18,19). The Kier molecular flexibility index (Phi) is 6.31. The first-order valence-electron chi connectivity index (χ1n) is 6.45. The summed E-state index contributed by atoms with van der Waals surface area (Å²) in [5.74, 6) is -0.857. The summed E-state index contributed by atoms with van der Waals surface area (Å²) >= 11 is 5.86. The number of carboxylic acids is 1. The summed E-state index contributed by atoms with van der Waals surface area (Å²) in [4.78, 5) is 24.3. The van der Waals surface area contributed by atoms with Crippen molar-refractivity contribution in [1.82, 2.24) is 4.90 Å². The molecule has 1 aromatic carbocycles. The molecule has 1 aromatic rings. The maximum Gasteiger partial charge on any atom is 0.322 e. The van der Waals surface area contributed by atoms with Crippen LogP contribution in [0.4, 0.5) is 10.5 Å². The van der Waals surface area contributed by atoms with E-state index in [1.54, 1.807) is 29.2 Å². The van der Waals surface area contributed by atoms with Crippen LogP contribution in [0.2, 0.25) is 5.02 Å². The molecule has 5 nitrogen and oxygen atoms in total. The number of aliphatic carboxylic acids is 1. The van der Waals surface area contributed by atoms with E-state index >= 15 is 0 Å². The van der Waals surface area contributed by atoms with Crippen molar-refractivity contribution >= 4 is 29.3 Å². The molecule has 110 valence electrons. The zero-order valence-electron chi connectivity index (χ0n) is 11.6. The molecule has 0 spiro atoms. The molecule has 0 radical (unpaired) electrons. The van der Waals surface area contributed by atoms with Gasteiger partial charge in [-0.25, -0.2) is 4.79 Å². The largest absolute Gasteiger partial charge is 0.481 e. The third-order valence-corrected chi connectivity index (χ3v) is 2.98. The number of benzene rings is 1. The van der Waals surface area contributed by atoms with Crippen LogP contribution < -0.4 is 5.32 Å². The van der Waals surface area contributed by atoms with Crippen LogP contribution >= 0.6 is 11.6 Å². The molecular formula is C14H19ClN2O3. The minimum absolute atomic E-state index is 0.0111. The van der Waals surface area contributed by atoms with Crippen LogP contribution in [-0.2, 0) is 4.79 Å². The molecule has 20 heavy (non-hydrogen) atoms. The Morgan fingerprint density at radius 1 is 1.40 bits per heavy atom. The van der Waals surface area contributed by atoms with Crippen LogP contribution in [0.5, 0.6) is 0 Å². The average molecular weight is 299 g/mol. The third-order valence-electron chi connectivity index (χ3n) is 2.75. The summed E-state index contributed by atoms with van der Waals surface area (Å²) < 4.78 is 0. The van der Waals surface area contributed by atoms with E-state index in [1.165, 1.54) is 0 Å². The number of nitrogens with zero attached hydrogens (tertiary/aromatic N) is 1. The van der Waals surface area contributed by atoms with Crippen molar-refractivity contribution in [2.75, 3.05) is 11.9 Å². The Morgan fingerprint density at radius 3 is 2.65 bits per heavy atom. The zero-order chi connectivity index (χ0) is 15.1. The van der Waals surface area contributed by atoms with Crippen LogP contribution in [0.25, 0.3) is 0 Å². The molecule has 0 aliphatic rings. The SMILES string of the molecule is CC(C)N(CCCC(=O)O)C(=O)Nc1cccc(Cl)c1. The molecular weight excluding hydrogens is 280 g/mol. The van der Waals surface area contributed by atoms with Gasteiger partial charge in [-0.05, 0) is 38.5 Å². The molecule has 1 rings (SSSR count). The lowest BCUT2D eigenvalue weighted by Gasteiger charge is -2.26. The smallest absolute Gasteiger partial charge is 0.322 e. The first-order chi connectivity index (χ1) is 9.40. The van der Waals surface area contributed by atoms with Gasteiger partial charge < -0.3 is 15.3 Å². The molecule has 0 aliphatic heterocycles. The molecule has 0 bridgehead atoms. The van der Waals surface area contributed by atoms with E-state index in [2.05, 4.69) is 5.32 Å². The maximum absolute atomic E-state index is 12.2. The number of hydrogen-bond donors (Lipinski definition) is 2. The van der Waals surface area contributed by atoms with E-state index in [-0.39, 0.29) is 18.5 Å². The van der Waals surface area contributed by atoms with E-state index in [0.29, 0.717) is 23.7 Å². The number of hydrogen-bond acceptors (Lipinski definition) is 2. The number of halogens is 1. The molecule has 0 aromatic heterocycles. The van der Waals surface area contributed by atoms with Crippen LogP contribution in [0.1, 0.15) is 26.7 Å². The van der Waals surface area contributed by atoms with Gasteiger partial charge in [0.25, 0.3) is 0 Å². The van der Waals surface area contributed by atoms with Crippen LogP contribution in [0.15, 0.2) is 24.3 Å². The fourth-order valence-electron chi connectivity index (χ4n) is 1.76. The van der Waals surface area contributed by atoms with Crippen molar-refractivity contribution in [2.24, 2.45) is 0 Å². The Hall–Kier alpha value is -1.75. The quantitative estimate of drug-likeness (QED) is 0.845. The first kappa shape index (κ1) is 16.3. The van der Waals surface area contributed by atoms with Gasteiger partial charge >= 0.3 is 12.0 Å². The van der Waals surface area contributed by atoms with Crippen LogP contribution in [0.3, 0.4) is 0 Å². The molecule has 0 saturated heterocycles. The Labute approximate surface area is 123 Å². The van der Waals surface area contributed by atoms with Gasteiger partial charge in [0.1, 0.15) is 0 Å². The topological polar surface area (TPSA) is 69.6 Å². The fraction of sp³-hybridized carbons (Fsp3) is 0.429. The highest BCUT2D eigenvalue weighted by molar-refractivity contribution is 6.30. The van der Waals surface area contributed by atoms with Gasteiger partial charge in [0.15, 0.2) is 0 Å². The molecule has 2 amide bonds. The van der Waals surface area contributed by atoms with Gasteiger partial charge in [-0.15, -0.1) is 0 Å². The number of carbonyl (C=O) groups excluding carboxylic acids is 1. The fourth-order valence-corrected chi connectivity index (χ4v) is 1.95. The summed E-state index contributed by atoms with van der Waals surface area (Å²) in [6.45, 7) is 4.17. The minimum Gasteiger partial charge on any atom is -0.481 e. The molecule has 0 heterocycles. The van der Waals surface area contributed by atoms with Crippen molar-refractivity contribution in [1.29, 1.82) is 0 Å². The Morgan fingerprint density at radius 2 is 2.10 bits per heavy atom. The average Bonchev–Trinajstić information content (AvgIpc) is 2.33. The lowest BCUT2D eigenvalue weighted by molar-refractivity contribution is -0.137. The van der Waals surface area contributed by atoms with Crippen LogP contribution in [0, 0.1) is 0 Å². The highest BCUT2D eigenvalue weighted by Crippen LogP contribution is 2.16. The number of rotatable bonds is 6. The van der Waals surface area contributed by atoms with Crippen LogP contribution in [-0.4, -0.2) is 34.6 Å². The second-order valence-electron chi connectivity index (χ2n) is 4.72. The maximum atomic E-state index is 12.2. The van der Waals surface area contributed by atoms with Crippen molar-refractivity contribution in [3.8, 4) is 0 Å². The molecule has 6 heteroatoms. The van der Waals surface area contributed by atoms with Gasteiger partial charge in [-0.3, -0.25) is 4.79 Å². The van der Waals surface area contributed by atoms with E-state index in [9.17, 15) is 9.59 Å². The predicted molar refractivity (Wildman–Crippen MR) is 79.2 cm³/mol. The predicted octanol–water partition coefficient (Wildman–Crippen LogP) is 3.45. The first-order valence-corrected chi connectivity index (χ1v) is 6.83. The second-order valence-corrected chi connectivity index (χ2v) is 5.16. The number of nitrogens with one attached hydrogen (secondary N) is 1. The lowest BCUT2D eigenvalue weighted by Crippen LogP contribution is -2.40. The summed E-state index contributed by atoms with van der Waals surface area (Å²) in [6.07, 6.45) is 0.476. The lowest BCUT2D eigenvalue weighted by atomic mass is 10.2. The van der Waals surface area contributed by atoms with Gasteiger partial charge in [-0.2, -0.15) is 0 Å². The summed E-state index contributed by atoms with van der Waals surface area (Å²) in [5.41, 5.74) is 0.617. The van der Waals surface area contributed by atoms with E-state index in [1.807, 2.05) is 13.8 Å². The van der Waals surface area contributed by atoms with Gasteiger partial charge in [0.05, 0.1) is 0 Å². The van der Waals surface area contributed by atoms with E-state index < -0.39 is 5.97 Å². The number of carboxylic acid groups (broad SMARTS) is 1. The van der Waals surface area contributed by atoms with Crippen molar-refractivity contribution in [3.63, 3.8) is 0 Å². The second kappa shape index (κ2) is 7.75. The molecule has 0 aliphatic carbocycles. The van der Waals surface area contributed by atoms with Gasteiger partial charge in [0, 0.05) is 29.7 Å². The summed E-state index contributed by atoms with van der Waals surface area (Å²) in [7, 11) is 0. The highest BCUT2D eigenvalue weighted by atomic mass is 35.5. The minimum atomic E-state index is -0.857. The molecule has 0 atom stereocenters. The molecule has 0 fully saturated rings. The number of amides is 2. The van der Waals surface area contributed by atoms with Crippen molar-refractivity contribution < 1.29 is 14.7 Å². The van der Waals surface area contributed by atoms with Gasteiger partial charge in [-0.1, -0.05) is 17.7 Å². The normalized spacial score (nSPS) is 10.4. The van der Waals surface area contributed by atoms with E-state index in [0.717, 1.165) is 0 Å². The zero-order valence-corrected chi connectivity index (χ0v) is 12.4. The monoisotopic (exact) mass is 298 g/mol. The highest BCUT2D eigenvalue weighted by Gasteiger charge is 2.17. The molecule has 0 unspecified atom stereocenters. The van der Waals surface area contributed by atoms with Crippen molar-refractivity contribution in [3.05, 3.63) is 29.3 Å². The number of anilines is 1. The number of urea groups is 1. The molecule has 2 N–H and O–H groups in total. The summed E-state index contributed by atoms with van der Waals surface area (Å²) in [5, 5.41) is 11.9. The number of carbonyl (C=O) groups is 2. The van der Waals surface area contributed by atoms with Crippen molar-refractivity contribution in [2.45, 2.75) is 32.7 Å². The van der Waals surface area contributed by atoms with Gasteiger partial charge in [0.2, 0.25) is 0 Å². The Bertz CT molecular complexity index is 477. The Balaban J connectivity index is 2.62. The van der Waals surface area contributed by atoms with E-state index in [4.69, 9.17) is 16.7 Å². The third kappa shape index (κ3) is 5.48.